The quantitative estimate of drug-likeness (QED) is 0.737. The number of anilines is 1. The van der Waals surface area contributed by atoms with Gasteiger partial charge < -0.3 is 9.64 Å². The molecule has 0 saturated carbocycles. The van der Waals surface area contributed by atoms with E-state index in [4.69, 9.17) is 4.74 Å². The smallest absolute Gasteiger partial charge is 0.360 e. The van der Waals surface area contributed by atoms with Crippen molar-refractivity contribution < 1.29 is 14.3 Å². The molecule has 1 aliphatic heterocycles. The highest BCUT2D eigenvalue weighted by molar-refractivity contribution is 6.04. The first kappa shape index (κ1) is 16.3. The van der Waals surface area contributed by atoms with E-state index in [-0.39, 0.29) is 11.6 Å². The summed E-state index contributed by atoms with van der Waals surface area (Å²) in [6.45, 7) is 2.23. The van der Waals surface area contributed by atoms with Crippen molar-refractivity contribution in [2.24, 2.45) is 0 Å². The summed E-state index contributed by atoms with van der Waals surface area (Å²) in [4.78, 5) is 27.0. The first-order valence-electron chi connectivity index (χ1n) is 8.68. The van der Waals surface area contributed by atoms with E-state index in [1.54, 1.807) is 17.9 Å². The highest BCUT2D eigenvalue weighted by Crippen LogP contribution is 2.27. The Morgan fingerprint density at radius 3 is 2.81 bits per heavy atom. The Bertz CT molecular complexity index is 979. The van der Waals surface area contributed by atoms with Crippen molar-refractivity contribution in [2.45, 2.75) is 25.9 Å². The van der Waals surface area contributed by atoms with Crippen LogP contribution in [0, 0.1) is 0 Å². The highest BCUT2D eigenvalue weighted by atomic mass is 16.5. The Hall–Kier alpha value is -3.15. The Labute approximate surface area is 150 Å². The third-order valence-electron chi connectivity index (χ3n) is 4.67. The van der Waals surface area contributed by atoms with E-state index in [2.05, 4.69) is 10.2 Å². The Morgan fingerprint density at radius 2 is 1.92 bits per heavy atom. The molecule has 6 heteroatoms. The number of aromatic amines is 1. The van der Waals surface area contributed by atoms with Gasteiger partial charge in [-0.25, -0.2) is 4.79 Å². The molecule has 26 heavy (non-hydrogen) atoms. The summed E-state index contributed by atoms with van der Waals surface area (Å²) in [7, 11) is 0. The summed E-state index contributed by atoms with van der Waals surface area (Å²) >= 11 is 0. The SMILES string of the molecule is C[C@H](OC(=O)c1n[nH]c2ccccc12)C(=O)N1CCCc2ccccc21. The maximum atomic E-state index is 12.8. The number of hydrogen-bond donors (Lipinski definition) is 1. The van der Waals surface area contributed by atoms with Crippen molar-refractivity contribution in [1.82, 2.24) is 10.2 Å². The lowest BCUT2D eigenvalue weighted by Gasteiger charge is -2.31. The van der Waals surface area contributed by atoms with Gasteiger partial charge in [-0.3, -0.25) is 9.89 Å². The second-order valence-corrected chi connectivity index (χ2v) is 6.39. The number of fused-ring (bicyclic) bond motifs is 2. The zero-order valence-electron chi connectivity index (χ0n) is 14.4. The van der Waals surface area contributed by atoms with E-state index in [1.807, 2.05) is 42.5 Å². The number of nitrogens with zero attached hydrogens (tertiary/aromatic N) is 2. The largest absolute Gasteiger partial charge is 0.448 e. The van der Waals surface area contributed by atoms with Gasteiger partial charge in [0.1, 0.15) is 0 Å². The number of carbonyl (C=O) groups is 2. The van der Waals surface area contributed by atoms with E-state index in [9.17, 15) is 9.59 Å². The van der Waals surface area contributed by atoms with E-state index in [1.165, 1.54) is 0 Å². The summed E-state index contributed by atoms with van der Waals surface area (Å²) in [5.41, 5.74) is 2.99. The molecule has 6 nitrogen and oxygen atoms in total. The number of aryl methyl sites for hydroxylation is 1. The Morgan fingerprint density at radius 1 is 1.15 bits per heavy atom. The zero-order valence-corrected chi connectivity index (χ0v) is 14.4. The molecule has 3 aromatic rings. The van der Waals surface area contributed by atoms with Crippen LogP contribution in [0.3, 0.4) is 0 Å². The van der Waals surface area contributed by atoms with Crippen LogP contribution < -0.4 is 4.90 Å². The third-order valence-corrected chi connectivity index (χ3v) is 4.67. The molecule has 1 amide bonds. The van der Waals surface area contributed by atoms with Gasteiger partial charge in [-0.05, 0) is 37.5 Å². The summed E-state index contributed by atoms with van der Waals surface area (Å²) in [6.07, 6.45) is 0.963. The van der Waals surface area contributed by atoms with Crippen LogP contribution in [0.1, 0.15) is 29.4 Å². The lowest BCUT2D eigenvalue weighted by molar-refractivity contribution is -0.126. The molecule has 0 aliphatic carbocycles. The van der Waals surface area contributed by atoms with Crippen molar-refractivity contribution in [2.75, 3.05) is 11.4 Å². The minimum atomic E-state index is -0.885. The van der Waals surface area contributed by atoms with Gasteiger partial charge in [0, 0.05) is 17.6 Å². The van der Waals surface area contributed by atoms with Crippen LogP contribution in [0.5, 0.6) is 0 Å². The first-order chi connectivity index (χ1) is 12.6. The number of H-pyrrole nitrogens is 1. The molecule has 1 aromatic heterocycles. The molecule has 1 N–H and O–H groups in total. The molecular weight excluding hydrogens is 330 g/mol. The van der Waals surface area contributed by atoms with Crippen LogP contribution in [0.2, 0.25) is 0 Å². The van der Waals surface area contributed by atoms with Crippen LogP contribution in [-0.4, -0.2) is 34.7 Å². The molecule has 0 unspecified atom stereocenters. The lowest BCUT2D eigenvalue weighted by atomic mass is 10.0. The number of aromatic nitrogens is 2. The van der Waals surface area contributed by atoms with Gasteiger partial charge in [0.25, 0.3) is 5.91 Å². The summed E-state index contributed by atoms with van der Waals surface area (Å²) in [5, 5.41) is 7.51. The summed E-state index contributed by atoms with van der Waals surface area (Å²) < 4.78 is 5.42. The minimum absolute atomic E-state index is 0.194. The molecule has 132 valence electrons. The molecule has 0 radical (unpaired) electrons. The fourth-order valence-corrected chi connectivity index (χ4v) is 3.37. The van der Waals surface area contributed by atoms with Crippen LogP contribution in [0.4, 0.5) is 5.69 Å². The normalized spacial score (nSPS) is 14.7. The molecular formula is C20H19N3O3. The van der Waals surface area contributed by atoms with Gasteiger partial charge in [-0.15, -0.1) is 0 Å². The molecule has 2 aromatic carbocycles. The van der Waals surface area contributed by atoms with Crippen molar-refractivity contribution in [3.8, 4) is 0 Å². The molecule has 1 atom stereocenters. The van der Waals surface area contributed by atoms with Crippen LogP contribution in [-0.2, 0) is 16.0 Å². The fraction of sp³-hybridized carbons (Fsp3) is 0.250. The molecule has 4 rings (SSSR count). The van der Waals surface area contributed by atoms with Crippen molar-refractivity contribution in [3.63, 3.8) is 0 Å². The number of esters is 1. The molecule has 0 spiro atoms. The predicted octanol–water partition coefficient (Wildman–Crippen LogP) is 3.09. The monoisotopic (exact) mass is 349 g/mol. The van der Waals surface area contributed by atoms with Gasteiger partial charge in [0.05, 0.1) is 5.52 Å². The average Bonchev–Trinajstić information content (AvgIpc) is 3.11. The van der Waals surface area contributed by atoms with Crippen molar-refractivity contribution in [1.29, 1.82) is 0 Å². The van der Waals surface area contributed by atoms with Gasteiger partial charge >= 0.3 is 5.97 Å². The number of benzene rings is 2. The molecule has 1 aliphatic rings. The van der Waals surface area contributed by atoms with Gasteiger partial charge in [-0.2, -0.15) is 5.10 Å². The fourth-order valence-electron chi connectivity index (χ4n) is 3.37. The van der Waals surface area contributed by atoms with E-state index >= 15 is 0 Å². The number of rotatable bonds is 3. The number of hydrogen-bond acceptors (Lipinski definition) is 4. The second kappa shape index (κ2) is 6.63. The molecule has 0 saturated heterocycles. The predicted molar refractivity (Wildman–Crippen MR) is 98.1 cm³/mol. The lowest BCUT2D eigenvalue weighted by Crippen LogP contribution is -2.42. The third kappa shape index (κ3) is 2.83. The summed E-state index contributed by atoms with van der Waals surface area (Å²) in [6, 6.07) is 15.2. The Balaban J connectivity index is 1.52. The van der Waals surface area contributed by atoms with Crippen molar-refractivity contribution in [3.05, 3.63) is 59.8 Å². The number of para-hydroxylation sites is 2. The highest BCUT2D eigenvalue weighted by Gasteiger charge is 2.29. The van der Waals surface area contributed by atoms with Gasteiger partial charge in [0.15, 0.2) is 11.8 Å². The van der Waals surface area contributed by atoms with Gasteiger partial charge in [-0.1, -0.05) is 36.4 Å². The maximum absolute atomic E-state index is 12.8. The van der Waals surface area contributed by atoms with Crippen molar-refractivity contribution >= 4 is 28.5 Å². The van der Waals surface area contributed by atoms with Gasteiger partial charge in [0.2, 0.25) is 0 Å². The number of nitrogens with one attached hydrogen (secondary N) is 1. The number of amides is 1. The van der Waals surface area contributed by atoms with E-state index in [0.29, 0.717) is 11.9 Å². The van der Waals surface area contributed by atoms with Crippen LogP contribution in [0.25, 0.3) is 10.9 Å². The standard InChI is InChI=1S/C20H19N3O3/c1-13(19(24)23-12-6-8-14-7-2-5-11-17(14)23)26-20(25)18-15-9-3-4-10-16(15)21-22-18/h2-5,7,9-11,13H,6,8,12H2,1H3,(H,21,22)/t13-/m0/s1. The minimum Gasteiger partial charge on any atom is -0.448 e. The number of ether oxygens (including phenoxy) is 1. The Kier molecular flexibility index (Phi) is 4.16. The summed E-state index contributed by atoms with van der Waals surface area (Å²) in [5.74, 6) is -0.820. The molecule has 0 bridgehead atoms. The van der Waals surface area contributed by atoms with Crippen LogP contribution in [0.15, 0.2) is 48.5 Å². The first-order valence-corrected chi connectivity index (χ1v) is 8.68. The topological polar surface area (TPSA) is 75.3 Å². The molecule has 2 heterocycles. The zero-order chi connectivity index (χ0) is 18.1. The maximum Gasteiger partial charge on any atom is 0.360 e. The average molecular weight is 349 g/mol. The second-order valence-electron chi connectivity index (χ2n) is 6.39. The molecule has 0 fully saturated rings. The van der Waals surface area contributed by atoms with E-state index in [0.717, 1.165) is 29.6 Å². The van der Waals surface area contributed by atoms with Crippen LogP contribution >= 0.6 is 0 Å². The number of carbonyl (C=O) groups excluding carboxylic acids is 2. The van der Waals surface area contributed by atoms with E-state index < -0.39 is 12.1 Å².